The smallest absolute Gasteiger partial charge is 0.307 e. The number of nitrogens with zero attached hydrogens (tertiary/aromatic N) is 1. The Hall–Kier alpha value is -1.84. The van der Waals surface area contributed by atoms with Gasteiger partial charge in [0.25, 0.3) is 0 Å². The van der Waals surface area contributed by atoms with Gasteiger partial charge < -0.3 is 10.0 Å². The fourth-order valence-corrected chi connectivity index (χ4v) is 4.32. The lowest BCUT2D eigenvalue weighted by Gasteiger charge is -2.35. The summed E-state index contributed by atoms with van der Waals surface area (Å²) in [5.41, 5.74) is 1.12. The minimum absolute atomic E-state index is 0.000256. The first-order chi connectivity index (χ1) is 11.1. The minimum atomic E-state index is -0.662. The standard InChI is InChI=1S/C19H23NO3/c21-17(16(14-6-7-14)13-4-2-1-3-5-13)20-10-8-19(9-11-20)12-15(19)18(22)23/h1-5,14-16H,6-12H2,(H,22,23). The van der Waals surface area contributed by atoms with Crippen LogP contribution < -0.4 is 0 Å². The molecule has 4 heteroatoms. The number of hydrogen-bond donors (Lipinski definition) is 1. The van der Waals surface area contributed by atoms with Crippen LogP contribution in [0.2, 0.25) is 0 Å². The number of carboxylic acid groups (broad SMARTS) is 1. The van der Waals surface area contributed by atoms with E-state index in [1.165, 1.54) is 0 Å². The van der Waals surface area contributed by atoms with Gasteiger partial charge >= 0.3 is 5.97 Å². The molecule has 1 amide bonds. The summed E-state index contributed by atoms with van der Waals surface area (Å²) in [6, 6.07) is 10.1. The predicted molar refractivity (Wildman–Crippen MR) is 85.9 cm³/mol. The van der Waals surface area contributed by atoms with E-state index in [1.807, 2.05) is 23.1 Å². The zero-order valence-corrected chi connectivity index (χ0v) is 13.3. The second-order valence-corrected chi connectivity index (χ2v) is 7.51. The third kappa shape index (κ3) is 2.64. The van der Waals surface area contributed by atoms with Crippen molar-refractivity contribution >= 4 is 11.9 Å². The first-order valence-electron chi connectivity index (χ1n) is 8.67. The van der Waals surface area contributed by atoms with Crippen molar-refractivity contribution in [3.05, 3.63) is 35.9 Å². The van der Waals surface area contributed by atoms with Crippen molar-refractivity contribution in [3.63, 3.8) is 0 Å². The molecule has 2 unspecified atom stereocenters. The molecule has 4 rings (SSSR count). The van der Waals surface area contributed by atoms with Gasteiger partial charge in [-0.25, -0.2) is 0 Å². The molecule has 1 heterocycles. The van der Waals surface area contributed by atoms with Gasteiger partial charge in [0.1, 0.15) is 0 Å². The topological polar surface area (TPSA) is 57.6 Å². The van der Waals surface area contributed by atoms with Gasteiger partial charge in [0, 0.05) is 13.1 Å². The van der Waals surface area contributed by atoms with Crippen molar-refractivity contribution < 1.29 is 14.7 Å². The third-order valence-electron chi connectivity index (χ3n) is 6.08. The third-order valence-corrected chi connectivity index (χ3v) is 6.08. The van der Waals surface area contributed by atoms with Crippen molar-refractivity contribution in [2.24, 2.45) is 17.3 Å². The maximum Gasteiger partial charge on any atom is 0.307 e. The highest BCUT2D eigenvalue weighted by molar-refractivity contribution is 5.84. The fraction of sp³-hybridized carbons (Fsp3) is 0.579. The molecule has 1 N–H and O–H groups in total. The molecule has 23 heavy (non-hydrogen) atoms. The van der Waals surface area contributed by atoms with Gasteiger partial charge in [0.05, 0.1) is 11.8 Å². The maximum atomic E-state index is 13.0. The molecule has 1 saturated heterocycles. The van der Waals surface area contributed by atoms with E-state index in [9.17, 15) is 14.7 Å². The van der Waals surface area contributed by atoms with Crippen LogP contribution >= 0.6 is 0 Å². The average molecular weight is 313 g/mol. The first kappa shape index (κ1) is 14.7. The van der Waals surface area contributed by atoms with Crippen LogP contribution in [0.15, 0.2) is 30.3 Å². The molecule has 1 aromatic rings. The van der Waals surface area contributed by atoms with Gasteiger partial charge in [-0.05, 0) is 49.0 Å². The summed E-state index contributed by atoms with van der Waals surface area (Å²) in [6.07, 6.45) is 4.78. The second-order valence-electron chi connectivity index (χ2n) is 7.51. The summed E-state index contributed by atoms with van der Waals surface area (Å²) >= 11 is 0. The van der Waals surface area contributed by atoms with E-state index < -0.39 is 5.97 Å². The highest BCUT2D eigenvalue weighted by Crippen LogP contribution is 2.59. The number of rotatable bonds is 4. The molecule has 2 atom stereocenters. The molecule has 2 saturated carbocycles. The largest absolute Gasteiger partial charge is 0.481 e. The Kier molecular flexibility index (Phi) is 3.43. The minimum Gasteiger partial charge on any atom is -0.481 e. The van der Waals surface area contributed by atoms with Gasteiger partial charge in [-0.2, -0.15) is 0 Å². The Balaban J connectivity index is 1.44. The van der Waals surface area contributed by atoms with Crippen molar-refractivity contribution in [2.75, 3.05) is 13.1 Å². The van der Waals surface area contributed by atoms with E-state index in [1.54, 1.807) is 0 Å². The molecule has 3 aliphatic rings. The van der Waals surface area contributed by atoms with Gasteiger partial charge in [0.15, 0.2) is 0 Å². The maximum absolute atomic E-state index is 13.0. The van der Waals surface area contributed by atoms with E-state index in [4.69, 9.17) is 0 Å². The summed E-state index contributed by atoms with van der Waals surface area (Å²) in [5.74, 6) is -0.0905. The number of aliphatic carboxylic acids is 1. The summed E-state index contributed by atoms with van der Waals surface area (Å²) < 4.78 is 0. The Morgan fingerprint density at radius 2 is 1.78 bits per heavy atom. The SMILES string of the molecule is O=C(O)C1CC12CCN(C(=O)C(c1ccccc1)C1CC1)CC2. The Morgan fingerprint density at radius 3 is 2.30 bits per heavy atom. The number of carbonyl (C=O) groups excluding carboxylic acids is 1. The van der Waals surface area contributed by atoms with Crippen LogP contribution in [-0.2, 0) is 9.59 Å². The zero-order chi connectivity index (χ0) is 16.0. The molecule has 1 aromatic carbocycles. The predicted octanol–water partition coefficient (Wildman–Crippen LogP) is 2.89. The highest BCUT2D eigenvalue weighted by atomic mass is 16.4. The van der Waals surface area contributed by atoms with Crippen LogP contribution in [0.5, 0.6) is 0 Å². The summed E-state index contributed by atoms with van der Waals surface area (Å²) in [7, 11) is 0. The van der Waals surface area contributed by atoms with E-state index >= 15 is 0 Å². The molecule has 2 aliphatic carbocycles. The van der Waals surface area contributed by atoms with E-state index in [0.717, 1.165) is 50.8 Å². The monoisotopic (exact) mass is 313 g/mol. The Labute approximate surface area is 136 Å². The van der Waals surface area contributed by atoms with Gasteiger partial charge in [-0.15, -0.1) is 0 Å². The molecule has 1 spiro atoms. The van der Waals surface area contributed by atoms with E-state index in [2.05, 4.69) is 12.1 Å². The molecule has 0 bridgehead atoms. The lowest BCUT2D eigenvalue weighted by molar-refractivity contribution is -0.140. The van der Waals surface area contributed by atoms with Crippen molar-refractivity contribution in [1.82, 2.24) is 4.90 Å². The Morgan fingerprint density at radius 1 is 1.13 bits per heavy atom. The van der Waals surface area contributed by atoms with Crippen molar-refractivity contribution in [1.29, 1.82) is 0 Å². The number of carbonyl (C=O) groups is 2. The lowest BCUT2D eigenvalue weighted by atomic mass is 9.88. The number of piperidine rings is 1. The number of hydrogen-bond acceptors (Lipinski definition) is 2. The van der Waals surface area contributed by atoms with Crippen LogP contribution in [0, 0.1) is 17.3 Å². The lowest BCUT2D eigenvalue weighted by Crippen LogP contribution is -2.42. The van der Waals surface area contributed by atoms with Gasteiger partial charge in [-0.3, -0.25) is 9.59 Å². The molecule has 122 valence electrons. The molecular formula is C19H23NO3. The molecule has 1 aliphatic heterocycles. The van der Waals surface area contributed by atoms with Gasteiger partial charge in [-0.1, -0.05) is 30.3 Å². The van der Waals surface area contributed by atoms with Gasteiger partial charge in [0.2, 0.25) is 5.91 Å². The van der Waals surface area contributed by atoms with Crippen LogP contribution in [0.4, 0.5) is 0 Å². The number of benzene rings is 1. The number of carboxylic acids is 1. The molecule has 0 aromatic heterocycles. The van der Waals surface area contributed by atoms with Crippen molar-refractivity contribution in [3.8, 4) is 0 Å². The summed E-state index contributed by atoms with van der Waals surface area (Å²) in [6.45, 7) is 1.44. The Bertz CT molecular complexity index is 615. The normalized spacial score (nSPS) is 26.8. The number of amides is 1. The summed E-state index contributed by atoms with van der Waals surface area (Å²) in [4.78, 5) is 26.2. The van der Waals surface area contributed by atoms with Crippen molar-refractivity contribution in [2.45, 2.75) is 38.0 Å². The summed E-state index contributed by atoms with van der Waals surface area (Å²) in [5, 5.41) is 9.18. The van der Waals surface area contributed by atoms with Crippen LogP contribution in [-0.4, -0.2) is 35.0 Å². The van der Waals surface area contributed by atoms with Crippen LogP contribution in [0.3, 0.4) is 0 Å². The van der Waals surface area contributed by atoms with E-state index in [0.29, 0.717) is 5.92 Å². The number of likely N-dealkylation sites (tertiary alicyclic amines) is 1. The highest BCUT2D eigenvalue weighted by Gasteiger charge is 2.59. The average Bonchev–Trinajstić information content (AvgIpc) is 3.47. The zero-order valence-electron chi connectivity index (χ0n) is 13.3. The second kappa shape index (κ2) is 5.36. The molecule has 4 nitrogen and oxygen atoms in total. The quantitative estimate of drug-likeness (QED) is 0.930. The molecular weight excluding hydrogens is 290 g/mol. The van der Waals surface area contributed by atoms with Crippen LogP contribution in [0.1, 0.15) is 43.6 Å². The first-order valence-corrected chi connectivity index (χ1v) is 8.67. The molecule has 0 radical (unpaired) electrons. The van der Waals surface area contributed by atoms with E-state index in [-0.39, 0.29) is 23.2 Å². The van der Waals surface area contributed by atoms with Crippen LogP contribution in [0.25, 0.3) is 0 Å². The fourth-order valence-electron chi connectivity index (χ4n) is 4.32. The molecule has 3 fully saturated rings.